The average molecular weight is 269 g/mol. The number of anilines is 1. The van der Waals surface area contributed by atoms with Gasteiger partial charge >= 0.3 is 5.97 Å². The standard InChI is InChI=1S/C10H11N3O6/c1-5-3-7(12(16)17)9(8(4-5)13(18)19)11-6(2)10(14)15/h3-4,6,11H,1-2H3,(H,14,15)/t6-/m1/s1. The Hall–Kier alpha value is -2.71. The molecule has 19 heavy (non-hydrogen) atoms. The molecule has 1 aromatic rings. The van der Waals surface area contributed by atoms with Crippen molar-refractivity contribution in [1.29, 1.82) is 0 Å². The van der Waals surface area contributed by atoms with Crippen molar-refractivity contribution in [3.8, 4) is 0 Å². The topological polar surface area (TPSA) is 136 Å². The minimum absolute atomic E-state index is 0.340. The van der Waals surface area contributed by atoms with Crippen LogP contribution in [0.4, 0.5) is 17.1 Å². The number of hydrogen-bond acceptors (Lipinski definition) is 6. The van der Waals surface area contributed by atoms with Crippen LogP contribution in [0.1, 0.15) is 12.5 Å². The first kappa shape index (κ1) is 14.4. The van der Waals surface area contributed by atoms with Gasteiger partial charge in [-0.1, -0.05) is 0 Å². The number of aryl methyl sites for hydroxylation is 1. The lowest BCUT2D eigenvalue weighted by Gasteiger charge is -2.11. The normalized spacial score (nSPS) is 11.7. The number of nitrogens with one attached hydrogen (secondary N) is 1. The Kier molecular flexibility index (Phi) is 4.00. The molecule has 0 saturated carbocycles. The Labute approximate surface area is 107 Å². The van der Waals surface area contributed by atoms with Crippen molar-refractivity contribution in [1.82, 2.24) is 0 Å². The molecule has 0 amide bonds. The highest BCUT2D eigenvalue weighted by Gasteiger charge is 2.28. The second-order valence-corrected chi connectivity index (χ2v) is 3.90. The van der Waals surface area contributed by atoms with Crippen molar-refractivity contribution < 1.29 is 19.7 Å². The Bertz CT molecular complexity index is 521. The predicted octanol–water partition coefficient (Wildman–Crippen LogP) is 1.70. The van der Waals surface area contributed by atoms with Gasteiger partial charge < -0.3 is 10.4 Å². The molecule has 1 rings (SSSR count). The van der Waals surface area contributed by atoms with Gasteiger partial charge in [-0.25, -0.2) is 0 Å². The van der Waals surface area contributed by atoms with Crippen molar-refractivity contribution in [2.24, 2.45) is 0 Å². The zero-order valence-electron chi connectivity index (χ0n) is 10.1. The smallest absolute Gasteiger partial charge is 0.325 e. The molecule has 0 spiro atoms. The van der Waals surface area contributed by atoms with Crippen molar-refractivity contribution in [2.75, 3.05) is 5.32 Å². The Morgan fingerprint density at radius 1 is 1.26 bits per heavy atom. The largest absolute Gasteiger partial charge is 0.480 e. The Morgan fingerprint density at radius 2 is 1.68 bits per heavy atom. The molecule has 0 radical (unpaired) electrons. The van der Waals surface area contributed by atoms with E-state index in [9.17, 15) is 25.0 Å². The summed E-state index contributed by atoms with van der Waals surface area (Å²) in [6.45, 7) is 2.71. The highest BCUT2D eigenvalue weighted by atomic mass is 16.6. The van der Waals surface area contributed by atoms with Crippen LogP contribution in [-0.2, 0) is 4.79 Å². The molecule has 0 unspecified atom stereocenters. The first-order valence-electron chi connectivity index (χ1n) is 5.16. The van der Waals surface area contributed by atoms with Crippen LogP contribution in [-0.4, -0.2) is 27.0 Å². The highest BCUT2D eigenvalue weighted by molar-refractivity contribution is 5.82. The summed E-state index contributed by atoms with van der Waals surface area (Å²) in [5.41, 5.74) is -1.12. The zero-order chi connectivity index (χ0) is 14.7. The minimum atomic E-state index is -1.27. The Balaban J connectivity index is 3.43. The summed E-state index contributed by atoms with van der Waals surface area (Å²) in [6.07, 6.45) is 0. The van der Waals surface area contributed by atoms with Crippen LogP contribution in [0.3, 0.4) is 0 Å². The van der Waals surface area contributed by atoms with Crippen molar-refractivity contribution in [3.05, 3.63) is 37.9 Å². The van der Waals surface area contributed by atoms with Gasteiger partial charge in [-0.3, -0.25) is 25.0 Å². The number of aliphatic carboxylic acids is 1. The fourth-order valence-corrected chi connectivity index (χ4v) is 1.46. The second-order valence-electron chi connectivity index (χ2n) is 3.90. The van der Waals surface area contributed by atoms with Gasteiger partial charge in [0.15, 0.2) is 5.69 Å². The first-order valence-corrected chi connectivity index (χ1v) is 5.16. The summed E-state index contributed by atoms with van der Waals surface area (Å²) in [6, 6.07) is 1.09. The van der Waals surface area contributed by atoms with E-state index in [1.54, 1.807) is 0 Å². The maximum absolute atomic E-state index is 10.9. The first-order chi connectivity index (χ1) is 8.73. The number of benzene rings is 1. The number of nitrogens with zero attached hydrogens (tertiary/aromatic N) is 2. The van der Waals surface area contributed by atoms with E-state index in [0.29, 0.717) is 5.56 Å². The summed E-state index contributed by atoms with van der Waals surface area (Å²) in [5.74, 6) is -1.27. The van der Waals surface area contributed by atoms with Crippen LogP contribution in [0.5, 0.6) is 0 Å². The predicted molar refractivity (Wildman–Crippen MR) is 65.2 cm³/mol. The molecular formula is C10H11N3O6. The quantitative estimate of drug-likeness (QED) is 0.613. The van der Waals surface area contributed by atoms with E-state index >= 15 is 0 Å². The minimum Gasteiger partial charge on any atom is -0.480 e. The van der Waals surface area contributed by atoms with Crippen LogP contribution in [0.2, 0.25) is 0 Å². The highest BCUT2D eigenvalue weighted by Crippen LogP contribution is 2.35. The summed E-state index contributed by atoms with van der Waals surface area (Å²) < 4.78 is 0. The van der Waals surface area contributed by atoms with Gasteiger partial charge in [0, 0.05) is 12.1 Å². The number of nitro groups is 2. The Morgan fingerprint density at radius 3 is 2.00 bits per heavy atom. The monoisotopic (exact) mass is 269 g/mol. The fourth-order valence-electron chi connectivity index (χ4n) is 1.46. The van der Waals surface area contributed by atoms with Gasteiger partial charge in [0.05, 0.1) is 9.85 Å². The van der Waals surface area contributed by atoms with E-state index in [-0.39, 0.29) is 0 Å². The molecule has 9 heteroatoms. The van der Waals surface area contributed by atoms with Gasteiger partial charge in [-0.15, -0.1) is 0 Å². The lowest BCUT2D eigenvalue weighted by molar-refractivity contribution is -0.392. The van der Waals surface area contributed by atoms with E-state index in [2.05, 4.69) is 5.32 Å². The molecule has 9 nitrogen and oxygen atoms in total. The van der Waals surface area contributed by atoms with Gasteiger partial charge in [-0.2, -0.15) is 0 Å². The van der Waals surface area contributed by atoms with Crippen LogP contribution in [0.15, 0.2) is 12.1 Å². The van der Waals surface area contributed by atoms with E-state index in [1.165, 1.54) is 13.8 Å². The van der Waals surface area contributed by atoms with Gasteiger partial charge in [0.2, 0.25) is 0 Å². The van der Waals surface area contributed by atoms with E-state index < -0.39 is 38.9 Å². The van der Waals surface area contributed by atoms with Gasteiger partial charge in [0.1, 0.15) is 6.04 Å². The van der Waals surface area contributed by atoms with E-state index in [4.69, 9.17) is 5.11 Å². The summed E-state index contributed by atoms with van der Waals surface area (Å²) in [7, 11) is 0. The van der Waals surface area contributed by atoms with E-state index in [1.807, 2.05) is 0 Å². The molecular weight excluding hydrogens is 258 g/mol. The fraction of sp³-hybridized carbons (Fsp3) is 0.300. The molecule has 102 valence electrons. The molecule has 0 aromatic heterocycles. The number of carboxylic acid groups (broad SMARTS) is 1. The maximum Gasteiger partial charge on any atom is 0.325 e. The lowest BCUT2D eigenvalue weighted by Crippen LogP contribution is -2.26. The molecule has 0 saturated heterocycles. The number of carbonyl (C=O) groups is 1. The summed E-state index contributed by atoms with van der Waals surface area (Å²) >= 11 is 0. The average Bonchev–Trinajstić information content (AvgIpc) is 2.29. The van der Waals surface area contributed by atoms with Crippen LogP contribution in [0.25, 0.3) is 0 Å². The molecule has 0 aliphatic carbocycles. The summed E-state index contributed by atoms with van der Waals surface area (Å²) in [4.78, 5) is 30.9. The third kappa shape index (κ3) is 3.15. The van der Waals surface area contributed by atoms with Crippen molar-refractivity contribution in [3.63, 3.8) is 0 Å². The van der Waals surface area contributed by atoms with Gasteiger partial charge in [-0.05, 0) is 19.4 Å². The van der Waals surface area contributed by atoms with Gasteiger partial charge in [0.25, 0.3) is 11.4 Å². The second kappa shape index (κ2) is 5.29. The molecule has 1 aromatic carbocycles. The zero-order valence-corrected chi connectivity index (χ0v) is 10.1. The number of hydrogen-bond donors (Lipinski definition) is 2. The van der Waals surface area contributed by atoms with Crippen LogP contribution in [0, 0.1) is 27.2 Å². The molecule has 0 bridgehead atoms. The molecule has 0 aliphatic heterocycles. The molecule has 0 heterocycles. The molecule has 0 fully saturated rings. The number of carboxylic acids is 1. The van der Waals surface area contributed by atoms with E-state index in [0.717, 1.165) is 12.1 Å². The third-order valence-corrected chi connectivity index (χ3v) is 2.37. The third-order valence-electron chi connectivity index (χ3n) is 2.37. The summed E-state index contributed by atoms with van der Waals surface area (Å²) in [5, 5.41) is 32.8. The molecule has 1 atom stereocenters. The SMILES string of the molecule is Cc1cc([N+](=O)[O-])c(N[C@H](C)C(=O)O)c([N+](=O)[O-])c1. The van der Waals surface area contributed by atoms with Crippen molar-refractivity contribution >= 4 is 23.0 Å². The molecule has 0 aliphatic rings. The van der Waals surface area contributed by atoms with Crippen molar-refractivity contribution in [2.45, 2.75) is 19.9 Å². The number of nitro benzene ring substituents is 2. The van der Waals surface area contributed by atoms with Crippen LogP contribution < -0.4 is 5.32 Å². The lowest BCUT2D eigenvalue weighted by atomic mass is 10.1. The molecule has 2 N–H and O–H groups in total. The maximum atomic E-state index is 10.9. The van der Waals surface area contributed by atoms with Crippen LogP contribution >= 0.6 is 0 Å². The number of rotatable bonds is 5.